The maximum absolute atomic E-state index is 12.8. The van der Waals surface area contributed by atoms with E-state index in [-0.39, 0.29) is 12.6 Å². The highest BCUT2D eigenvalue weighted by Crippen LogP contribution is 2.27. The van der Waals surface area contributed by atoms with Crippen LogP contribution in [0.1, 0.15) is 17.9 Å². The van der Waals surface area contributed by atoms with E-state index in [0.29, 0.717) is 10.8 Å². The number of rotatable bonds is 7. The summed E-state index contributed by atoms with van der Waals surface area (Å²) in [5.41, 5.74) is 3.77. The lowest BCUT2D eigenvalue weighted by atomic mass is 10.0. The third kappa shape index (κ3) is 5.05. The van der Waals surface area contributed by atoms with Gasteiger partial charge in [0.2, 0.25) is 5.89 Å². The first-order valence-electron chi connectivity index (χ1n) is 10.5. The number of nitrogens with zero attached hydrogens (tertiary/aromatic N) is 2. The van der Waals surface area contributed by atoms with Crippen LogP contribution in [-0.4, -0.2) is 50.9 Å². The summed E-state index contributed by atoms with van der Waals surface area (Å²) in [6.45, 7) is 4.34. The van der Waals surface area contributed by atoms with Crippen LogP contribution in [0, 0.1) is 12.8 Å². The predicted molar refractivity (Wildman–Crippen MR) is 119 cm³/mol. The molecule has 1 aromatic heterocycles. The van der Waals surface area contributed by atoms with Crippen molar-refractivity contribution in [1.29, 1.82) is 0 Å². The van der Waals surface area contributed by atoms with Crippen molar-refractivity contribution in [3.05, 3.63) is 60.0 Å². The molecule has 4 rings (SSSR count). The zero-order valence-corrected chi connectivity index (χ0v) is 18.7. The van der Waals surface area contributed by atoms with Crippen LogP contribution in [0.2, 0.25) is 0 Å². The molecular weight excluding hydrogens is 415 g/mol. The Morgan fingerprint density at radius 1 is 1.06 bits per heavy atom. The van der Waals surface area contributed by atoms with E-state index in [0.717, 1.165) is 60.6 Å². The molecule has 164 valence electrons. The number of aryl methyl sites for hydroxylation is 1. The van der Waals surface area contributed by atoms with E-state index in [1.165, 1.54) is 6.26 Å². The highest BCUT2D eigenvalue weighted by Gasteiger charge is 2.22. The molecule has 7 heteroatoms. The van der Waals surface area contributed by atoms with E-state index in [4.69, 9.17) is 4.42 Å². The van der Waals surface area contributed by atoms with Gasteiger partial charge in [0.15, 0.2) is 9.84 Å². The lowest BCUT2D eigenvalue weighted by molar-refractivity contribution is 0.304. The maximum atomic E-state index is 12.8. The average Bonchev–Trinajstić information content (AvgIpc) is 3.38. The first kappa shape index (κ1) is 21.7. The van der Waals surface area contributed by atoms with Gasteiger partial charge in [0, 0.05) is 37.2 Å². The van der Waals surface area contributed by atoms with Crippen LogP contribution in [0.4, 0.5) is 4.39 Å². The first-order valence-corrected chi connectivity index (χ1v) is 12.4. The molecule has 2 heterocycles. The number of aromatic nitrogens is 1. The van der Waals surface area contributed by atoms with Gasteiger partial charge in [-0.3, -0.25) is 4.39 Å². The smallest absolute Gasteiger partial charge is 0.226 e. The highest BCUT2D eigenvalue weighted by atomic mass is 32.2. The minimum absolute atomic E-state index is 0.176. The average molecular weight is 443 g/mol. The second-order valence-corrected chi connectivity index (χ2v) is 10.3. The monoisotopic (exact) mass is 442 g/mol. The van der Waals surface area contributed by atoms with Gasteiger partial charge in [0.25, 0.3) is 0 Å². The summed E-state index contributed by atoms with van der Waals surface area (Å²) in [5, 5.41) is 0. The van der Waals surface area contributed by atoms with E-state index < -0.39 is 9.84 Å². The SMILES string of the molecule is Cc1oc(-c2ccc(-c3ccc(S(C)(=O)=O)cc3)cc2)nc1CCN1CCC(CF)C1. The van der Waals surface area contributed by atoms with Gasteiger partial charge in [-0.15, -0.1) is 0 Å². The van der Waals surface area contributed by atoms with E-state index >= 15 is 0 Å². The molecule has 0 bridgehead atoms. The largest absolute Gasteiger partial charge is 0.441 e. The molecule has 1 aliphatic rings. The molecule has 0 spiro atoms. The summed E-state index contributed by atoms with van der Waals surface area (Å²) >= 11 is 0. The quantitative estimate of drug-likeness (QED) is 0.537. The van der Waals surface area contributed by atoms with E-state index in [2.05, 4.69) is 9.88 Å². The van der Waals surface area contributed by atoms with Crippen molar-refractivity contribution in [3.8, 4) is 22.6 Å². The molecular formula is C24H27FN2O3S. The first-order chi connectivity index (χ1) is 14.8. The summed E-state index contributed by atoms with van der Waals surface area (Å²) in [7, 11) is -3.20. The van der Waals surface area contributed by atoms with Crippen molar-refractivity contribution in [2.24, 2.45) is 5.92 Å². The Kier molecular flexibility index (Phi) is 6.25. The molecule has 1 fully saturated rings. The van der Waals surface area contributed by atoms with Crippen LogP contribution in [0.15, 0.2) is 57.8 Å². The molecule has 3 aromatic rings. The number of hydrogen-bond acceptors (Lipinski definition) is 5. The van der Waals surface area contributed by atoms with Crippen LogP contribution >= 0.6 is 0 Å². The summed E-state index contributed by atoms with van der Waals surface area (Å²) < 4.78 is 42.0. The number of hydrogen-bond donors (Lipinski definition) is 0. The van der Waals surface area contributed by atoms with Crippen molar-refractivity contribution in [2.45, 2.75) is 24.7 Å². The summed E-state index contributed by atoms with van der Waals surface area (Å²) in [4.78, 5) is 7.29. The van der Waals surface area contributed by atoms with Crippen LogP contribution in [0.5, 0.6) is 0 Å². The Labute approximate surface area is 182 Å². The van der Waals surface area contributed by atoms with Crippen LogP contribution < -0.4 is 0 Å². The fourth-order valence-electron chi connectivity index (χ4n) is 3.99. The zero-order chi connectivity index (χ0) is 22.0. The van der Waals surface area contributed by atoms with Gasteiger partial charge in [-0.1, -0.05) is 24.3 Å². The fourth-order valence-corrected chi connectivity index (χ4v) is 4.62. The maximum Gasteiger partial charge on any atom is 0.226 e. The standard InChI is InChI=1S/C24H27FN2O3S/c1-17-23(12-14-27-13-11-18(15-25)16-27)26-24(30-17)21-5-3-19(4-6-21)20-7-9-22(10-8-20)31(2,28)29/h3-10,18H,11-16H2,1-2H3. The molecule has 0 aliphatic carbocycles. The van der Waals surface area contributed by atoms with E-state index in [1.54, 1.807) is 12.1 Å². The minimum Gasteiger partial charge on any atom is -0.441 e. The van der Waals surface area contributed by atoms with Gasteiger partial charge >= 0.3 is 0 Å². The number of sulfone groups is 1. The molecule has 1 aliphatic heterocycles. The summed E-state index contributed by atoms with van der Waals surface area (Å²) in [6.07, 6.45) is 2.93. The molecule has 0 amide bonds. The third-order valence-corrected chi connectivity index (χ3v) is 7.02. The highest BCUT2D eigenvalue weighted by molar-refractivity contribution is 7.90. The van der Waals surface area contributed by atoms with Gasteiger partial charge in [0.05, 0.1) is 17.3 Å². The van der Waals surface area contributed by atoms with Crippen LogP contribution in [0.3, 0.4) is 0 Å². The Hall–Kier alpha value is -2.51. The number of alkyl halides is 1. The van der Waals surface area contributed by atoms with Gasteiger partial charge in [-0.25, -0.2) is 13.4 Å². The number of halogens is 1. The molecule has 31 heavy (non-hydrogen) atoms. The van der Waals surface area contributed by atoms with Crippen molar-refractivity contribution >= 4 is 9.84 Å². The molecule has 1 saturated heterocycles. The lowest BCUT2D eigenvalue weighted by Crippen LogP contribution is -2.24. The number of likely N-dealkylation sites (tertiary alicyclic amines) is 1. The topological polar surface area (TPSA) is 63.4 Å². The van der Waals surface area contributed by atoms with Crippen molar-refractivity contribution in [1.82, 2.24) is 9.88 Å². The normalized spacial score (nSPS) is 17.3. The Morgan fingerprint density at radius 2 is 1.68 bits per heavy atom. The fraction of sp³-hybridized carbons (Fsp3) is 0.375. The molecule has 1 atom stereocenters. The molecule has 0 radical (unpaired) electrons. The minimum atomic E-state index is -3.20. The molecule has 0 N–H and O–H groups in total. The van der Waals surface area contributed by atoms with Crippen LogP contribution in [-0.2, 0) is 16.3 Å². The molecule has 2 aromatic carbocycles. The lowest BCUT2D eigenvalue weighted by Gasteiger charge is -2.14. The summed E-state index contributed by atoms with van der Waals surface area (Å²) in [5.74, 6) is 1.58. The van der Waals surface area contributed by atoms with Crippen molar-refractivity contribution < 1.29 is 17.2 Å². The third-order valence-electron chi connectivity index (χ3n) is 5.89. The molecule has 5 nitrogen and oxygen atoms in total. The summed E-state index contributed by atoms with van der Waals surface area (Å²) in [6, 6.07) is 14.7. The Bertz CT molecular complexity index is 1140. The van der Waals surface area contributed by atoms with Gasteiger partial charge in [-0.2, -0.15) is 0 Å². The Balaban J connectivity index is 1.44. The van der Waals surface area contributed by atoms with E-state index in [1.807, 2.05) is 43.3 Å². The predicted octanol–water partition coefficient (Wildman–Crippen LogP) is 4.55. The second kappa shape index (κ2) is 8.93. The van der Waals surface area contributed by atoms with Crippen molar-refractivity contribution in [2.75, 3.05) is 32.6 Å². The second-order valence-electron chi connectivity index (χ2n) is 8.26. The molecule has 1 unspecified atom stereocenters. The van der Waals surface area contributed by atoms with E-state index in [9.17, 15) is 12.8 Å². The van der Waals surface area contributed by atoms with Gasteiger partial charge < -0.3 is 9.32 Å². The van der Waals surface area contributed by atoms with Crippen molar-refractivity contribution in [3.63, 3.8) is 0 Å². The zero-order valence-electron chi connectivity index (χ0n) is 17.8. The van der Waals surface area contributed by atoms with Crippen LogP contribution in [0.25, 0.3) is 22.6 Å². The molecule has 0 saturated carbocycles. The van der Waals surface area contributed by atoms with Gasteiger partial charge in [0.1, 0.15) is 5.76 Å². The Morgan fingerprint density at radius 3 is 2.26 bits per heavy atom. The number of benzene rings is 2. The van der Waals surface area contributed by atoms with Gasteiger partial charge in [-0.05, 0) is 55.3 Å². The number of oxazole rings is 1.